The maximum absolute atomic E-state index is 12.2. The van der Waals surface area contributed by atoms with E-state index in [-0.39, 0.29) is 18.1 Å². The molecule has 0 aliphatic carbocycles. The zero-order valence-corrected chi connectivity index (χ0v) is 13.4. The van der Waals surface area contributed by atoms with Crippen molar-refractivity contribution >= 4 is 6.03 Å². The third-order valence-electron chi connectivity index (χ3n) is 3.55. The zero-order valence-electron chi connectivity index (χ0n) is 13.4. The third-order valence-corrected chi connectivity index (χ3v) is 3.55. The SMILES string of the molecule is CC(C)C(CNC(=O)N(C(C)C)C(C)C)C(C)C. The lowest BCUT2D eigenvalue weighted by Gasteiger charge is -2.32. The number of carbonyl (C=O) groups excluding carboxylic acids is 1. The summed E-state index contributed by atoms with van der Waals surface area (Å²) in [6, 6.07) is 0.536. The minimum Gasteiger partial charge on any atom is -0.338 e. The highest BCUT2D eigenvalue weighted by molar-refractivity contribution is 5.74. The molecule has 18 heavy (non-hydrogen) atoms. The van der Waals surface area contributed by atoms with Crippen LogP contribution in [0.25, 0.3) is 0 Å². The van der Waals surface area contributed by atoms with Crippen molar-refractivity contribution < 1.29 is 4.79 Å². The largest absolute Gasteiger partial charge is 0.338 e. The molecule has 0 saturated heterocycles. The van der Waals surface area contributed by atoms with Gasteiger partial charge in [0.05, 0.1) is 0 Å². The average Bonchev–Trinajstić information content (AvgIpc) is 2.14. The number of hydrogen-bond donors (Lipinski definition) is 1. The first-order chi connectivity index (χ1) is 8.18. The molecule has 108 valence electrons. The molecule has 0 aromatic carbocycles. The smallest absolute Gasteiger partial charge is 0.317 e. The summed E-state index contributed by atoms with van der Waals surface area (Å²) in [5, 5.41) is 3.10. The van der Waals surface area contributed by atoms with E-state index in [1.54, 1.807) is 0 Å². The Balaban J connectivity index is 4.47. The molecule has 0 aliphatic heterocycles. The molecule has 0 aromatic heterocycles. The van der Waals surface area contributed by atoms with Crippen LogP contribution in [0.1, 0.15) is 55.4 Å². The van der Waals surface area contributed by atoms with E-state index in [9.17, 15) is 4.79 Å². The second-order valence-corrected chi connectivity index (χ2v) is 6.43. The van der Waals surface area contributed by atoms with Gasteiger partial charge in [0, 0.05) is 18.6 Å². The molecule has 0 spiro atoms. The van der Waals surface area contributed by atoms with Gasteiger partial charge < -0.3 is 10.2 Å². The fraction of sp³-hybridized carbons (Fsp3) is 0.933. The number of carbonyl (C=O) groups is 1. The van der Waals surface area contributed by atoms with Crippen molar-refractivity contribution in [1.82, 2.24) is 10.2 Å². The van der Waals surface area contributed by atoms with Crippen LogP contribution in [0.5, 0.6) is 0 Å². The summed E-state index contributed by atoms with van der Waals surface area (Å²) in [6.45, 7) is 17.9. The van der Waals surface area contributed by atoms with Crippen LogP contribution in [0.2, 0.25) is 0 Å². The van der Waals surface area contributed by atoms with Gasteiger partial charge in [0.2, 0.25) is 0 Å². The van der Waals surface area contributed by atoms with Gasteiger partial charge in [0.25, 0.3) is 0 Å². The summed E-state index contributed by atoms with van der Waals surface area (Å²) >= 11 is 0. The average molecular weight is 256 g/mol. The molecule has 2 amide bonds. The molecule has 3 heteroatoms. The van der Waals surface area contributed by atoms with E-state index in [4.69, 9.17) is 0 Å². The quantitative estimate of drug-likeness (QED) is 0.771. The standard InChI is InChI=1S/C15H32N2O/c1-10(2)14(11(3)4)9-16-15(18)17(12(5)6)13(7)8/h10-14H,9H2,1-8H3,(H,16,18). The zero-order chi connectivity index (χ0) is 14.5. The van der Waals surface area contributed by atoms with Crippen molar-refractivity contribution in [1.29, 1.82) is 0 Å². The Morgan fingerprint density at radius 2 is 1.28 bits per heavy atom. The highest BCUT2D eigenvalue weighted by Crippen LogP contribution is 2.19. The minimum atomic E-state index is 0.0614. The van der Waals surface area contributed by atoms with E-state index in [0.717, 1.165) is 6.54 Å². The Kier molecular flexibility index (Phi) is 7.34. The van der Waals surface area contributed by atoms with Crippen molar-refractivity contribution in [3.63, 3.8) is 0 Å². The molecule has 0 heterocycles. The van der Waals surface area contributed by atoms with Crippen molar-refractivity contribution in [2.45, 2.75) is 67.5 Å². The molecule has 0 bridgehead atoms. The summed E-state index contributed by atoms with van der Waals surface area (Å²) in [6.07, 6.45) is 0. The lowest BCUT2D eigenvalue weighted by Crippen LogP contribution is -2.49. The number of amides is 2. The fourth-order valence-corrected chi connectivity index (χ4v) is 2.60. The Morgan fingerprint density at radius 3 is 1.56 bits per heavy atom. The Hall–Kier alpha value is -0.730. The number of nitrogens with zero attached hydrogens (tertiary/aromatic N) is 1. The third kappa shape index (κ3) is 5.28. The molecule has 0 atom stereocenters. The highest BCUT2D eigenvalue weighted by atomic mass is 16.2. The molecule has 0 fully saturated rings. The monoisotopic (exact) mass is 256 g/mol. The van der Waals surface area contributed by atoms with Gasteiger partial charge in [-0.05, 0) is 45.4 Å². The molecular weight excluding hydrogens is 224 g/mol. The molecule has 0 saturated carbocycles. The molecule has 1 N–H and O–H groups in total. The fourth-order valence-electron chi connectivity index (χ4n) is 2.60. The Bertz CT molecular complexity index is 231. The van der Waals surface area contributed by atoms with Gasteiger partial charge in [-0.3, -0.25) is 0 Å². The van der Waals surface area contributed by atoms with E-state index >= 15 is 0 Å². The lowest BCUT2D eigenvalue weighted by atomic mass is 9.85. The van der Waals surface area contributed by atoms with Crippen LogP contribution in [-0.2, 0) is 0 Å². The number of nitrogens with one attached hydrogen (secondary N) is 1. The van der Waals surface area contributed by atoms with Gasteiger partial charge in [0.15, 0.2) is 0 Å². The minimum absolute atomic E-state index is 0.0614. The van der Waals surface area contributed by atoms with Crippen LogP contribution >= 0.6 is 0 Å². The summed E-state index contributed by atoms with van der Waals surface area (Å²) in [4.78, 5) is 14.1. The van der Waals surface area contributed by atoms with Gasteiger partial charge in [-0.15, -0.1) is 0 Å². The van der Waals surface area contributed by atoms with E-state index in [2.05, 4.69) is 60.7 Å². The van der Waals surface area contributed by atoms with Crippen LogP contribution in [0, 0.1) is 17.8 Å². The Morgan fingerprint density at radius 1 is 0.889 bits per heavy atom. The summed E-state index contributed by atoms with van der Waals surface area (Å²) < 4.78 is 0. The first-order valence-electron chi connectivity index (χ1n) is 7.24. The first kappa shape index (κ1) is 17.3. The highest BCUT2D eigenvalue weighted by Gasteiger charge is 2.23. The maximum atomic E-state index is 12.2. The summed E-state index contributed by atoms with van der Waals surface area (Å²) in [5.41, 5.74) is 0. The Labute approximate surface area is 113 Å². The normalized spacial score (nSPS) is 12.1. The molecule has 0 rings (SSSR count). The number of rotatable bonds is 6. The topological polar surface area (TPSA) is 32.3 Å². The second-order valence-electron chi connectivity index (χ2n) is 6.43. The molecule has 3 nitrogen and oxygen atoms in total. The van der Waals surface area contributed by atoms with Crippen LogP contribution in [0.3, 0.4) is 0 Å². The van der Waals surface area contributed by atoms with Gasteiger partial charge in [-0.1, -0.05) is 27.7 Å². The van der Waals surface area contributed by atoms with E-state index in [0.29, 0.717) is 17.8 Å². The van der Waals surface area contributed by atoms with Gasteiger partial charge in [-0.25, -0.2) is 4.79 Å². The van der Waals surface area contributed by atoms with Crippen LogP contribution in [0.15, 0.2) is 0 Å². The van der Waals surface area contributed by atoms with E-state index < -0.39 is 0 Å². The molecule has 0 unspecified atom stereocenters. The van der Waals surface area contributed by atoms with Crippen LogP contribution in [0.4, 0.5) is 4.79 Å². The number of hydrogen-bond acceptors (Lipinski definition) is 1. The number of urea groups is 1. The summed E-state index contributed by atoms with van der Waals surface area (Å²) in [5.74, 6) is 1.73. The van der Waals surface area contributed by atoms with E-state index in [1.807, 2.05) is 4.90 Å². The van der Waals surface area contributed by atoms with Gasteiger partial charge >= 0.3 is 6.03 Å². The van der Waals surface area contributed by atoms with Gasteiger partial charge in [0.1, 0.15) is 0 Å². The predicted molar refractivity (Wildman–Crippen MR) is 78.7 cm³/mol. The van der Waals surface area contributed by atoms with Crippen molar-refractivity contribution in [2.75, 3.05) is 6.54 Å². The molecule has 0 radical (unpaired) electrons. The first-order valence-corrected chi connectivity index (χ1v) is 7.24. The maximum Gasteiger partial charge on any atom is 0.317 e. The molecule has 0 aliphatic rings. The van der Waals surface area contributed by atoms with Crippen molar-refractivity contribution in [3.8, 4) is 0 Å². The predicted octanol–water partition coefficient (Wildman–Crippen LogP) is 3.74. The van der Waals surface area contributed by atoms with Crippen molar-refractivity contribution in [2.24, 2.45) is 17.8 Å². The summed E-state index contributed by atoms with van der Waals surface area (Å²) in [7, 11) is 0. The van der Waals surface area contributed by atoms with Crippen molar-refractivity contribution in [3.05, 3.63) is 0 Å². The van der Waals surface area contributed by atoms with Gasteiger partial charge in [-0.2, -0.15) is 0 Å². The molecule has 0 aromatic rings. The van der Waals surface area contributed by atoms with E-state index in [1.165, 1.54) is 0 Å². The lowest BCUT2D eigenvalue weighted by molar-refractivity contribution is 0.159. The second kappa shape index (κ2) is 7.65. The van der Waals surface area contributed by atoms with Crippen LogP contribution in [-0.4, -0.2) is 29.6 Å². The molecular formula is C15H32N2O. The van der Waals surface area contributed by atoms with Crippen LogP contribution < -0.4 is 5.32 Å².